The van der Waals surface area contributed by atoms with Gasteiger partial charge in [-0.1, -0.05) is 38.4 Å². The number of rotatable bonds is 9. The average Bonchev–Trinajstić information content (AvgIpc) is 2.48. The van der Waals surface area contributed by atoms with Gasteiger partial charge in [0.15, 0.2) is 8.32 Å². The predicted molar refractivity (Wildman–Crippen MR) is 104 cm³/mol. The van der Waals surface area contributed by atoms with Crippen molar-refractivity contribution in [2.24, 2.45) is 0 Å². The largest absolute Gasteiger partial charge is 0.491 e. The summed E-state index contributed by atoms with van der Waals surface area (Å²) in [6.45, 7) is 14.6. The highest BCUT2D eigenvalue weighted by Gasteiger charge is 2.37. The lowest BCUT2D eigenvalue weighted by atomic mass is 10.2. The standard InChI is InChI=1S/C18H32ClNO3Si/c1-14(12-23-24(5,6)18(2,3)4)20-11-16(21)13-22-17-9-7-8-15(19)10-17/h7-10,14,16,20-21H,11-13H2,1-6H3/t14-,16?/m0/s1. The molecule has 2 atom stereocenters. The maximum Gasteiger partial charge on any atom is 0.192 e. The quantitative estimate of drug-likeness (QED) is 0.640. The van der Waals surface area contributed by atoms with Crippen LogP contribution in [-0.4, -0.2) is 45.3 Å². The molecule has 0 fully saturated rings. The number of benzene rings is 1. The maximum atomic E-state index is 10.0. The minimum absolute atomic E-state index is 0.181. The van der Waals surface area contributed by atoms with Gasteiger partial charge >= 0.3 is 0 Å². The predicted octanol–water partition coefficient (Wildman–Crippen LogP) is 4.08. The monoisotopic (exact) mass is 373 g/mol. The summed E-state index contributed by atoms with van der Waals surface area (Å²) >= 11 is 5.90. The Morgan fingerprint density at radius 1 is 1.25 bits per heavy atom. The number of halogens is 1. The number of aliphatic hydroxyl groups excluding tert-OH is 1. The molecule has 0 aromatic heterocycles. The van der Waals surface area contributed by atoms with Gasteiger partial charge in [-0.25, -0.2) is 0 Å². The van der Waals surface area contributed by atoms with Crippen LogP contribution in [0.5, 0.6) is 5.75 Å². The summed E-state index contributed by atoms with van der Waals surface area (Å²) in [5, 5.41) is 14.2. The molecule has 1 aromatic carbocycles. The van der Waals surface area contributed by atoms with Crippen LogP contribution in [0.2, 0.25) is 23.2 Å². The number of nitrogens with one attached hydrogen (secondary N) is 1. The van der Waals surface area contributed by atoms with Gasteiger partial charge in [0.25, 0.3) is 0 Å². The van der Waals surface area contributed by atoms with Crippen molar-refractivity contribution in [1.82, 2.24) is 5.32 Å². The zero-order valence-electron chi connectivity index (χ0n) is 15.7. The molecule has 0 aliphatic heterocycles. The zero-order chi connectivity index (χ0) is 18.4. The van der Waals surface area contributed by atoms with Crippen molar-refractivity contribution in [1.29, 1.82) is 0 Å². The molecule has 24 heavy (non-hydrogen) atoms. The molecule has 0 saturated heterocycles. The Balaban J connectivity index is 2.27. The van der Waals surface area contributed by atoms with Crippen molar-refractivity contribution in [2.75, 3.05) is 19.8 Å². The Hall–Kier alpha value is -0.593. The summed E-state index contributed by atoms with van der Waals surface area (Å²) in [4.78, 5) is 0. The molecule has 2 N–H and O–H groups in total. The lowest BCUT2D eigenvalue weighted by Gasteiger charge is -2.37. The van der Waals surface area contributed by atoms with Crippen LogP contribution in [0.3, 0.4) is 0 Å². The molecule has 0 amide bonds. The van der Waals surface area contributed by atoms with E-state index in [1.165, 1.54) is 0 Å². The number of aliphatic hydroxyl groups is 1. The van der Waals surface area contributed by atoms with Crippen molar-refractivity contribution < 1.29 is 14.3 Å². The first-order valence-electron chi connectivity index (χ1n) is 8.45. The molecule has 0 heterocycles. The van der Waals surface area contributed by atoms with Gasteiger partial charge in [-0.15, -0.1) is 0 Å². The number of hydrogen-bond donors (Lipinski definition) is 2. The zero-order valence-corrected chi connectivity index (χ0v) is 17.5. The van der Waals surface area contributed by atoms with E-state index in [0.29, 0.717) is 23.9 Å². The molecule has 4 nitrogen and oxygen atoms in total. The Kier molecular flexibility index (Phi) is 8.22. The molecule has 0 aliphatic carbocycles. The van der Waals surface area contributed by atoms with E-state index in [4.69, 9.17) is 20.8 Å². The van der Waals surface area contributed by atoms with Gasteiger partial charge in [0.1, 0.15) is 18.5 Å². The van der Waals surface area contributed by atoms with Crippen molar-refractivity contribution in [3.63, 3.8) is 0 Å². The molecular formula is C18H32ClNO3Si. The normalized spacial score (nSPS) is 15.2. The molecule has 0 aliphatic rings. The SMILES string of the molecule is C[C@@H](CO[Si](C)(C)C(C)(C)C)NCC(O)COc1cccc(Cl)c1. The van der Waals surface area contributed by atoms with Gasteiger partial charge in [-0.2, -0.15) is 0 Å². The van der Waals surface area contributed by atoms with Crippen LogP contribution in [0.4, 0.5) is 0 Å². The van der Waals surface area contributed by atoms with Gasteiger partial charge in [-0.3, -0.25) is 0 Å². The van der Waals surface area contributed by atoms with Gasteiger partial charge in [-0.05, 0) is 43.3 Å². The fourth-order valence-electron chi connectivity index (χ4n) is 1.75. The number of ether oxygens (including phenoxy) is 1. The van der Waals surface area contributed by atoms with Crippen LogP contribution in [-0.2, 0) is 4.43 Å². The van der Waals surface area contributed by atoms with Gasteiger partial charge in [0.2, 0.25) is 0 Å². The number of hydrogen-bond acceptors (Lipinski definition) is 4. The molecule has 1 rings (SSSR count). The first kappa shape index (κ1) is 21.4. The van der Waals surface area contributed by atoms with Crippen molar-refractivity contribution in [2.45, 2.75) is 58.0 Å². The van der Waals surface area contributed by atoms with Gasteiger partial charge < -0.3 is 19.6 Å². The first-order chi connectivity index (χ1) is 11.0. The maximum absolute atomic E-state index is 10.0. The Morgan fingerprint density at radius 3 is 2.50 bits per heavy atom. The summed E-state index contributed by atoms with van der Waals surface area (Å²) in [6, 6.07) is 7.35. The summed E-state index contributed by atoms with van der Waals surface area (Å²) in [6.07, 6.45) is -0.584. The third kappa shape index (κ3) is 7.53. The molecule has 138 valence electrons. The van der Waals surface area contributed by atoms with Crippen molar-refractivity contribution in [3.05, 3.63) is 29.3 Å². The summed E-state index contributed by atoms with van der Waals surface area (Å²) in [7, 11) is -1.73. The second kappa shape index (κ2) is 9.20. The van der Waals surface area contributed by atoms with Crippen molar-refractivity contribution >= 4 is 19.9 Å². The Morgan fingerprint density at radius 2 is 1.92 bits per heavy atom. The first-order valence-corrected chi connectivity index (χ1v) is 11.7. The van der Waals surface area contributed by atoms with E-state index in [9.17, 15) is 5.11 Å². The van der Waals surface area contributed by atoms with E-state index in [2.05, 4.69) is 46.1 Å². The molecule has 0 bridgehead atoms. The van der Waals surface area contributed by atoms with E-state index >= 15 is 0 Å². The van der Waals surface area contributed by atoms with Gasteiger partial charge in [0.05, 0.1) is 0 Å². The molecule has 0 spiro atoms. The summed E-state index contributed by atoms with van der Waals surface area (Å²) < 4.78 is 11.7. The van der Waals surface area contributed by atoms with Crippen LogP contribution in [0.1, 0.15) is 27.7 Å². The highest BCUT2D eigenvalue weighted by molar-refractivity contribution is 6.74. The highest BCUT2D eigenvalue weighted by Crippen LogP contribution is 2.36. The smallest absolute Gasteiger partial charge is 0.192 e. The van der Waals surface area contributed by atoms with Crippen LogP contribution in [0.25, 0.3) is 0 Å². The molecular weight excluding hydrogens is 342 g/mol. The topological polar surface area (TPSA) is 50.7 Å². The van der Waals surface area contributed by atoms with Crippen LogP contribution in [0.15, 0.2) is 24.3 Å². The lowest BCUT2D eigenvalue weighted by molar-refractivity contribution is 0.101. The van der Waals surface area contributed by atoms with Crippen LogP contribution >= 0.6 is 11.6 Å². The fourth-order valence-corrected chi connectivity index (χ4v) is 3.03. The molecule has 0 saturated carbocycles. The summed E-state index contributed by atoms with van der Waals surface area (Å²) in [5.74, 6) is 0.663. The van der Waals surface area contributed by atoms with Crippen LogP contribution in [0, 0.1) is 0 Å². The third-order valence-electron chi connectivity index (χ3n) is 4.44. The van der Waals surface area contributed by atoms with E-state index in [0.717, 1.165) is 0 Å². The minimum atomic E-state index is -1.73. The Bertz CT molecular complexity index is 505. The van der Waals surface area contributed by atoms with Crippen molar-refractivity contribution in [3.8, 4) is 5.75 Å². The van der Waals surface area contributed by atoms with E-state index in [1.807, 2.05) is 12.1 Å². The molecule has 1 unspecified atom stereocenters. The average molecular weight is 374 g/mol. The minimum Gasteiger partial charge on any atom is -0.491 e. The van der Waals surface area contributed by atoms with Crippen LogP contribution < -0.4 is 10.1 Å². The fraction of sp³-hybridized carbons (Fsp3) is 0.667. The second-order valence-corrected chi connectivity index (χ2v) is 13.0. The highest BCUT2D eigenvalue weighted by atomic mass is 35.5. The van der Waals surface area contributed by atoms with Gasteiger partial charge in [0, 0.05) is 24.2 Å². The lowest BCUT2D eigenvalue weighted by Crippen LogP contribution is -2.45. The molecule has 6 heteroatoms. The third-order valence-corrected chi connectivity index (χ3v) is 9.18. The van der Waals surface area contributed by atoms with E-state index < -0.39 is 14.4 Å². The molecule has 1 aromatic rings. The second-order valence-electron chi connectivity index (χ2n) is 7.80. The van der Waals surface area contributed by atoms with E-state index in [1.54, 1.807) is 12.1 Å². The van der Waals surface area contributed by atoms with E-state index in [-0.39, 0.29) is 17.7 Å². The molecule has 0 radical (unpaired) electrons. The Labute approximate surface area is 152 Å². The summed E-state index contributed by atoms with van der Waals surface area (Å²) in [5.41, 5.74) is 0.